The van der Waals surface area contributed by atoms with Gasteiger partial charge in [-0.15, -0.1) is 0 Å². The van der Waals surface area contributed by atoms with Crippen molar-refractivity contribution >= 4 is 28.6 Å². The van der Waals surface area contributed by atoms with E-state index in [0.29, 0.717) is 6.42 Å². The Morgan fingerprint density at radius 3 is 2.39 bits per heavy atom. The quantitative estimate of drug-likeness (QED) is 0.519. The molecule has 0 rings (SSSR count). The Balaban J connectivity index is 4.06. The number of nitrogens with one attached hydrogen (secondary N) is 2. The summed E-state index contributed by atoms with van der Waals surface area (Å²) < 4.78 is 11.6. The highest BCUT2D eigenvalue weighted by Crippen LogP contribution is 1.97. The van der Waals surface area contributed by atoms with E-state index in [1.165, 1.54) is 14.0 Å². The molecule has 18 heavy (non-hydrogen) atoms. The summed E-state index contributed by atoms with van der Waals surface area (Å²) in [6, 6.07) is -1.15. The monoisotopic (exact) mass is 278 g/mol. The molecule has 0 saturated heterocycles. The van der Waals surface area contributed by atoms with Crippen LogP contribution in [0.3, 0.4) is 0 Å². The summed E-state index contributed by atoms with van der Waals surface area (Å²) in [4.78, 5) is 32.4. The van der Waals surface area contributed by atoms with Gasteiger partial charge in [0.05, 0.1) is 5.75 Å². The van der Waals surface area contributed by atoms with Gasteiger partial charge < -0.3 is 15.7 Å². The molecule has 0 aliphatic carbocycles. The number of carboxylic acids is 1. The van der Waals surface area contributed by atoms with Gasteiger partial charge in [-0.25, -0.2) is 4.79 Å². The predicted octanol–water partition coefficient (Wildman–Crippen LogP) is -1.15. The van der Waals surface area contributed by atoms with Crippen molar-refractivity contribution in [3.63, 3.8) is 0 Å². The third-order valence-corrected chi connectivity index (χ3v) is 3.53. The number of aliphatic carboxylic acids is 1. The molecule has 0 aliphatic rings. The fourth-order valence-corrected chi connectivity index (χ4v) is 2.44. The van der Waals surface area contributed by atoms with Gasteiger partial charge in [-0.1, -0.05) is 0 Å². The van der Waals surface area contributed by atoms with Gasteiger partial charge in [0.2, 0.25) is 11.8 Å². The number of hydrogen-bond donors (Lipinski definition) is 3. The maximum Gasteiger partial charge on any atom is 0.327 e. The summed E-state index contributed by atoms with van der Waals surface area (Å²) >= 11 is 0. The SMILES string of the molecule is CNC(=O)CCCS(=O)C[C@H](NC(C)=O)C(=O)O. The van der Waals surface area contributed by atoms with Gasteiger partial charge in [-0.3, -0.25) is 13.8 Å². The Kier molecular flexibility index (Phi) is 7.93. The van der Waals surface area contributed by atoms with Crippen molar-refractivity contribution in [1.29, 1.82) is 0 Å². The molecule has 0 aromatic heterocycles. The summed E-state index contributed by atoms with van der Waals surface area (Å²) in [6.45, 7) is 1.20. The van der Waals surface area contributed by atoms with Crippen LogP contribution >= 0.6 is 0 Å². The summed E-state index contributed by atoms with van der Waals surface area (Å²) in [5, 5.41) is 13.5. The van der Waals surface area contributed by atoms with E-state index >= 15 is 0 Å². The largest absolute Gasteiger partial charge is 0.480 e. The van der Waals surface area contributed by atoms with Crippen molar-refractivity contribution in [2.24, 2.45) is 0 Å². The Bertz CT molecular complexity index is 345. The molecule has 0 radical (unpaired) electrons. The second-order valence-electron chi connectivity index (χ2n) is 3.68. The maximum atomic E-state index is 11.6. The lowest BCUT2D eigenvalue weighted by Crippen LogP contribution is -2.43. The van der Waals surface area contributed by atoms with E-state index in [2.05, 4.69) is 10.6 Å². The Morgan fingerprint density at radius 2 is 1.94 bits per heavy atom. The van der Waals surface area contributed by atoms with Crippen LogP contribution in [-0.2, 0) is 25.2 Å². The van der Waals surface area contributed by atoms with Gasteiger partial charge in [0.1, 0.15) is 6.04 Å². The van der Waals surface area contributed by atoms with Crippen LogP contribution in [0.5, 0.6) is 0 Å². The van der Waals surface area contributed by atoms with Crippen LogP contribution in [0.2, 0.25) is 0 Å². The first-order valence-corrected chi connectivity index (χ1v) is 6.91. The Hall–Kier alpha value is -1.44. The zero-order valence-electron chi connectivity index (χ0n) is 10.4. The molecule has 0 aromatic carbocycles. The molecule has 7 nitrogen and oxygen atoms in total. The van der Waals surface area contributed by atoms with Crippen LogP contribution in [0.25, 0.3) is 0 Å². The zero-order valence-corrected chi connectivity index (χ0v) is 11.2. The lowest BCUT2D eigenvalue weighted by atomic mass is 10.3. The van der Waals surface area contributed by atoms with Crippen molar-refractivity contribution in [2.75, 3.05) is 18.6 Å². The second kappa shape index (κ2) is 8.62. The highest BCUT2D eigenvalue weighted by Gasteiger charge is 2.21. The van der Waals surface area contributed by atoms with Crippen LogP contribution < -0.4 is 10.6 Å². The van der Waals surface area contributed by atoms with Crippen LogP contribution in [0.4, 0.5) is 0 Å². The standard InChI is InChI=1S/C10H18N2O5S/c1-7(13)12-8(10(15)16)6-18(17)5-3-4-9(14)11-2/h8H,3-6H2,1-2H3,(H,11,14)(H,12,13)(H,15,16)/t8-,18?/m0/s1. The summed E-state index contributed by atoms with van der Waals surface area (Å²) in [5.41, 5.74) is 0. The van der Waals surface area contributed by atoms with E-state index in [4.69, 9.17) is 5.11 Å². The fourth-order valence-electron chi connectivity index (χ4n) is 1.21. The van der Waals surface area contributed by atoms with Gasteiger partial charge >= 0.3 is 5.97 Å². The number of carbonyl (C=O) groups excluding carboxylic acids is 2. The summed E-state index contributed by atoms with van der Waals surface area (Å²) in [7, 11) is 0.129. The van der Waals surface area contributed by atoms with Gasteiger partial charge in [0, 0.05) is 36.9 Å². The number of carboxylic acid groups (broad SMARTS) is 1. The zero-order chi connectivity index (χ0) is 14.1. The average molecular weight is 278 g/mol. The van der Waals surface area contributed by atoms with Crippen LogP contribution in [-0.4, -0.2) is 51.7 Å². The topological polar surface area (TPSA) is 113 Å². The summed E-state index contributed by atoms with van der Waals surface area (Å²) in [5.74, 6) is -1.77. The molecule has 0 aromatic rings. The molecule has 2 atom stereocenters. The number of hydrogen-bond acceptors (Lipinski definition) is 4. The predicted molar refractivity (Wildman–Crippen MR) is 66.4 cm³/mol. The maximum absolute atomic E-state index is 11.6. The Morgan fingerprint density at radius 1 is 1.33 bits per heavy atom. The first kappa shape index (κ1) is 16.6. The van der Waals surface area contributed by atoms with Crippen molar-refractivity contribution in [3.8, 4) is 0 Å². The van der Waals surface area contributed by atoms with Crippen molar-refractivity contribution < 1.29 is 23.7 Å². The molecular weight excluding hydrogens is 260 g/mol. The van der Waals surface area contributed by atoms with Crippen LogP contribution in [0, 0.1) is 0 Å². The molecule has 2 amide bonds. The minimum absolute atomic E-state index is 0.149. The first-order valence-electron chi connectivity index (χ1n) is 5.42. The van der Waals surface area contributed by atoms with E-state index in [1.807, 2.05) is 0 Å². The second-order valence-corrected chi connectivity index (χ2v) is 5.30. The van der Waals surface area contributed by atoms with Crippen LogP contribution in [0.1, 0.15) is 19.8 Å². The summed E-state index contributed by atoms with van der Waals surface area (Å²) in [6.07, 6.45) is 0.665. The number of carbonyl (C=O) groups is 3. The normalized spacial score (nSPS) is 13.4. The molecule has 0 bridgehead atoms. The van der Waals surface area contributed by atoms with Gasteiger partial charge in [-0.2, -0.15) is 0 Å². The van der Waals surface area contributed by atoms with Crippen molar-refractivity contribution in [3.05, 3.63) is 0 Å². The molecular formula is C10H18N2O5S. The molecule has 1 unspecified atom stereocenters. The fraction of sp³-hybridized carbons (Fsp3) is 0.700. The molecule has 0 fully saturated rings. The van der Waals surface area contributed by atoms with Crippen LogP contribution in [0.15, 0.2) is 0 Å². The molecule has 3 N–H and O–H groups in total. The number of rotatable bonds is 8. The molecule has 0 heterocycles. The molecule has 0 saturated carbocycles. The first-order chi connectivity index (χ1) is 8.36. The molecule has 104 valence electrons. The average Bonchev–Trinajstić information content (AvgIpc) is 2.27. The highest BCUT2D eigenvalue weighted by atomic mass is 32.2. The molecule has 0 spiro atoms. The van der Waals surface area contributed by atoms with E-state index in [0.717, 1.165) is 0 Å². The van der Waals surface area contributed by atoms with E-state index in [-0.39, 0.29) is 23.8 Å². The minimum Gasteiger partial charge on any atom is -0.480 e. The molecule has 0 aliphatic heterocycles. The molecule has 8 heteroatoms. The van der Waals surface area contributed by atoms with E-state index in [9.17, 15) is 18.6 Å². The third kappa shape index (κ3) is 7.77. The van der Waals surface area contributed by atoms with Crippen molar-refractivity contribution in [2.45, 2.75) is 25.8 Å². The Labute approximate surface area is 108 Å². The lowest BCUT2D eigenvalue weighted by molar-refractivity contribution is -0.140. The third-order valence-electron chi connectivity index (χ3n) is 2.08. The van der Waals surface area contributed by atoms with E-state index < -0.39 is 28.7 Å². The van der Waals surface area contributed by atoms with Gasteiger partial charge in [0.25, 0.3) is 0 Å². The van der Waals surface area contributed by atoms with E-state index in [1.54, 1.807) is 0 Å². The van der Waals surface area contributed by atoms with Gasteiger partial charge in [0.15, 0.2) is 0 Å². The highest BCUT2D eigenvalue weighted by molar-refractivity contribution is 7.85. The lowest BCUT2D eigenvalue weighted by Gasteiger charge is -2.12. The van der Waals surface area contributed by atoms with Crippen molar-refractivity contribution in [1.82, 2.24) is 10.6 Å². The van der Waals surface area contributed by atoms with Gasteiger partial charge in [-0.05, 0) is 6.42 Å². The number of amides is 2. The smallest absolute Gasteiger partial charge is 0.327 e. The minimum atomic E-state index is -1.38.